The van der Waals surface area contributed by atoms with E-state index < -0.39 is 48.6 Å². The number of nitrogen functional groups attached to an aromatic ring is 1. The van der Waals surface area contributed by atoms with Crippen LogP contribution in [0.1, 0.15) is 37.1 Å². The van der Waals surface area contributed by atoms with Crippen molar-refractivity contribution < 1.29 is 37.8 Å². The van der Waals surface area contributed by atoms with E-state index in [0.29, 0.717) is 11.3 Å². The highest BCUT2D eigenvalue weighted by Crippen LogP contribution is 2.36. The highest BCUT2D eigenvalue weighted by Gasteiger charge is 2.51. The molecule has 5 atom stereocenters. The van der Waals surface area contributed by atoms with Gasteiger partial charge in [-0.05, 0) is 50.4 Å². The van der Waals surface area contributed by atoms with E-state index in [1.165, 1.54) is 17.8 Å². The van der Waals surface area contributed by atoms with Crippen LogP contribution < -0.4 is 5.73 Å². The van der Waals surface area contributed by atoms with Gasteiger partial charge in [-0.15, -0.1) is 0 Å². The number of imidazole rings is 1. The van der Waals surface area contributed by atoms with Crippen LogP contribution in [0.5, 0.6) is 0 Å². The maximum absolute atomic E-state index is 15.4. The van der Waals surface area contributed by atoms with Crippen LogP contribution in [-0.2, 0) is 30.2 Å². The van der Waals surface area contributed by atoms with Crippen molar-refractivity contribution in [3.05, 3.63) is 52.9 Å². The van der Waals surface area contributed by atoms with Crippen molar-refractivity contribution in [1.82, 2.24) is 24.7 Å². The third kappa shape index (κ3) is 5.58. The summed E-state index contributed by atoms with van der Waals surface area (Å²) < 4.78 is 38.9. The lowest BCUT2D eigenvalue weighted by atomic mass is 9.89. The Labute approximate surface area is 250 Å². The molecule has 1 saturated heterocycles. The molecule has 13 nitrogen and oxygen atoms in total. The van der Waals surface area contributed by atoms with Gasteiger partial charge < -0.3 is 29.6 Å². The quantitative estimate of drug-likeness (QED) is 0.151. The second kappa shape index (κ2) is 12.0. The number of carbonyl (C=O) groups excluding carboxylic acids is 2. The average molecular weight is 617 g/mol. The molecule has 1 aromatic carbocycles. The molecule has 0 radical (unpaired) electrons. The zero-order chi connectivity index (χ0) is 31.1. The third-order valence-corrected chi connectivity index (χ3v) is 7.56. The lowest BCUT2D eigenvalue weighted by Crippen LogP contribution is -2.52. The van der Waals surface area contributed by atoms with Crippen LogP contribution >= 0.6 is 11.6 Å². The van der Waals surface area contributed by atoms with Gasteiger partial charge >= 0.3 is 5.97 Å². The molecule has 5 rings (SSSR count). The van der Waals surface area contributed by atoms with Gasteiger partial charge in [0.2, 0.25) is 10.9 Å². The van der Waals surface area contributed by atoms with Gasteiger partial charge in [-0.2, -0.15) is 9.97 Å². The summed E-state index contributed by atoms with van der Waals surface area (Å²) in [4.78, 5) is 38.3. The third-order valence-electron chi connectivity index (χ3n) is 7.39. The number of hydrogen-bond acceptors (Lipinski definition) is 12. The Hall–Kier alpha value is -3.98. The Kier molecular flexibility index (Phi) is 8.47. The number of aliphatic hydroxyl groups excluding tert-OH is 1. The van der Waals surface area contributed by atoms with E-state index in [9.17, 15) is 14.7 Å². The first kappa shape index (κ1) is 30.5. The van der Waals surface area contributed by atoms with E-state index in [1.54, 1.807) is 26.0 Å². The number of anilines is 1. The molecule has 1 unspecified atom stereocenters. The fourth-order valence-corrected chi connectivity index (χ4v) is 5.33. The number of halogens is 2. The largest absolute Gasteiger partial charge is 0.463 e. The summed E-state index contributed by atoms with van der Waals surface area (Å²) in [7, 11) is 0. The molecule has 1 fully saturated rings. The number of hydrogen-bond donors (Lipinski definition) is 2. The van der Waals surface area contributed by atoms with Gasteiger partial charge in [-0.1, -0.05) is 29.4 Å². The summed E-state index contributed by atoms with van der Waals surface area (Å²) >= 11 is 5.92. The molecular formula is C28H30ClFN6O7. The molecule has 1 aliphatic rings. The highest BCUT2D eigenvalue weighted by molar-refractivity contribution is 6.28. The van der Waals surface area contributed by atoms with Crippen LogP contribution in [0.3, 0.4) is 0 Å². The van der Waals surface area contributed by atoms with Gasteiger partial charge in [0.25, 0.3) is 0 Å². The van der Waals surface area contributed by atoms with Crippen molar-refractivity contribution in [2.75, 3.05) is 18.9 Å². The van der Waals surface area contributed by atoms with Crippen molar-refractivity contribution in [3.8, 4) is 11.1 Å². The van der Waals surface area contributed by atoms with Crippen molar-refractivity contribution >= 4 is 40.3 Å². The first-order valence-corrected chi connectivity index (χ1v) is 13.8. The number of aliphatic hydroxyl groups is 1. The van der Waals surface area contributed by atoms with Gasteiger partial charge in [0.15, 0.2) is 29.6 Å². The number of rotatable bonds is 10. The zero-order valence-corrected chi connectivity index (χ0v) is 24.5. The van der Waals surface area contributed by atoms with E-state index in [1.807, 2.05) is 19.1 Å². The topological polar surface area (TPSA) is 178 Å². The summed E-state index contributed by atoms with van der Waals surface area (Å²) in [5.41, 5.74) is 7.02. The number of aromatic nitrogens is 5. The van der Waals surface area contributed by atoms with Crippen LogP contribution in [0.15, 0.2) is 35.1 Å². The highest BCUT2D eigenvalue weighted by atomic mass is 35.5. The summed E-state index contributed by atoms with van der Waals surface area (Å²) in [6, 6.07) is 7.13. The monoisotopic (exact) mass is 616 g/mol. The molecule has 4 heterocycles. The maximum Gasteiger partial charge on any atom is 0.346 e. The van der Waals surface area contributed by atoms with Crippen LogP contribution in [-0.4, -0.2) is 78.7 Å². The van der Waals surface area contributed by atoms with E-state index in [4.69, 9.17) is 36.1 Å². The summed E-state index contributed by atoms with van der Waals surface area (Å²) in [5.74, 6) is -0.909. The van der Waals surface area contributed by atoms with Crippen molar-refractivity contribution in [2.45, 2.75) is 64.3 Å². The lowest BCUT2D eigenvalue weighted by molar-refractivity contribution is -0.183. The Bertz CT molecular complexity index is 1640. The van der Waals surface area contributed by atoms with E-state index >= 15 is 4.39 Å². The predicted octanol–water partition coefficient (Wildman–Crippen LogP) is 3.08. The number of ketones is 1. The Balaban J connectivity index is 1.39. The molecule has 3 N–H and O–H groups in total. The molecule has 3 aromatic heterocycles. The van der Waals surface area contributed by atoms with Gasteiger partial charge in [0, 0.05) is 12.0 Å². The van der Waals surface area contributed by atoms with Crippen LogP contribution in [0.25, 0.3) is 22.3 Å². The van der Waals surface area contributed by atoms with Crippen LogP contribution in [0.2, 0.25) is 5.28 Å². The maximum atomic E-state index is 15.4. The number of fused-ring (bicyclic) bond motifs is 1. The number of nitrogens with zero attached hydrogens (tertiary/aromatic N) is 5. The SMILES string of the molecule is CCOC(=O)C(Cc1ccc(-c2c(C)noc2C)cc1)(OC[C@H]1O[C@@H](n2cnc3c(N)nc(Cl)nc32)[C@@H](F)[C@@H]1O)C(C)=O. The first-order chi connectivity index (χ1) is 20.5. The smallest absolute Gasteiger partial charge is 0.346 e. The van der Waals surface area contributed by atoms with E-state index in [2.05, 4.69) is 20.1 Å². The minimum absolute atomic E-state index is 0.0111. The van der Waals surface area contributed by atoms with Crippen molar-refractivity contribution in [2.24, 2.45) is 0 Å². The molecule has 228 valence electrons. The molecule has 0 saturated carbocycles. The molecule has 4 aromatic rings. The van der Waals surface area contributed by atoms with Crippen molar-refractivity contribution in [1.29, 1.82) is 0 Å². The molecule has 15 heteroatoms. The number of nitrogens with two attached hydrogens (primary N) is 1. The first-order valence-electron chi connectivity index (χ1n) is 13.4. The molecule has 0 aliphatic carbocycles. The number of Topliss-reactive ketones (excluding diaryl/α,β-unsaturated/α-hetero) is 1. The number of aryl methyl sites for hydroxylation is 2. The van der Waals surface area contributed by atoms with Gasteiger partial charge in [0.05, 0.1) is 25.2 Å². The molecule has 0 bridgehead atoms. The van der Waals surface area contributed by atoms with Gasteiger partial charge in [-0.3, -0.25) is 9.36 Å². The minimum Gasteiger partial charge on any atom is -0.463 e. The normalized spacial score (nSPS) is 21.7. The Morgan fingerprint density at radius 2 is 1.95 bits per heavy atom. The number of ether oxygens (including phenoxy) is 3. The van der Waals surface area contributed by atoms with Gasteiger partial charge in [-0.25, -0.2) is 14.2 Å². The molecule has 43 heavy (non-hydrogen) atoms. The molecule has 0 spiro atoms. The summed E-state index contributed by atoms with van der Waals surface area (Å²) in [6.45, 7) is 5.90. The molecule has 1 aliphatic heterocycles. The van der Waals surface area contributed by atoms with E-state index in [0.717, 1.165) is 16.8 Å². The zero-order valence-electron chi connectivity index (χ0n) is 23.8. The summed E-state index contributed by atoms with van der Waals surface area (Å²) in [5, 5.41) is 14.5. The molecular weight excluding hydrogens is 587 g/mol. The number of benzene rings is 1. The number of alkyl halides is 1. The van der Waals surface area contributed by atoms with Crippen molar-refractivity contribution in [3.63, 3.8) is 0 Å². The van der Waals surface area contributed by atoms with Crippen LogP contribution in [0.4, 0.5) is 10.2 Å². The van der Waals surface area contributed by atoms with Crippen LogP contribution in [0, 0.1) is 13.8 Å². The lowest BCUT2D eigenvalue weighted by Gasteiger charge is -2.30. The number of carbonyl (C=O) groups is 2. The Morgan fingerprint density at radius 3 is 2.58 bits per heavy atom. The fraction of sp³-hybridized carbons (Fsp3) is 0.429. The fourth-order valence-electron chi connectivity index (χ4n) is 5.16. The summed E-state index contributed by atoms with van der Waals surface area (Å²) in [6.07, 6.45) is -5.24. The second-order valence-corrected chi connectivity index (χ2v) is 10.5. The van der Waals surface area contributed by atoms with Gasteiger partial charge in [0.1, 0.15) is 23.5 Å². The minimum atomic E-state index is -2.09. The molecule has 0 amide bonds. The standard InChI is InChI=1S/C28H30ClFN6O7/c1-5-40-26(39)28(15(4)37,10-16-6-8-17(9-7-16)19-13(2)35-43-14(19)3)41-11-18-22(38)20(30)25(42-18)36-12-32-21-23(31)33-27(29)34-24(21)36/h6-9,12,18,20,22,25,38H,5,10-11H2,1-4H3,(H2,31,33,34)/t18-,20+,22-,25-,28?/m1/s1. The number of esters is 1. The second-order valence-electron chi connectivity index (χ2n) is 10.2. The Morgan fingerprint density at radius 1 is 1.23 bits per heavy atom. The predicted molar refractivity (Wildman–Crippen MR) is 151 cm³/mol. The van der Waals surface area contributed by atoms with E-state index in [-0.39, 0.29) is 35.3 Å². The average Bonchev–Trinajstić information content (AvgIpc) is 3.62.